The van der Waals surface area contributed by atoms with Gasteiger partial charge in [-0.25, -0.2) is 0 Å². The molecule has 6 heteroatoms. The van der Waals surface area contributed by atoms with Crippen molar-refractivity contribution in [2.75, 3.05) is 13.7 Å². The van der Waals surface area contributed by atoms with Gasteiger partial charge in [0, 0.05) is 17.2 Å². The summed E-state index contributed by atoms with van der Waals surface area (Å²) >= 11 is 0. The van der Waals surface area contributed by atoms with Gasteiger partial charge < -0.3 is 23.4 Å². The fourth-order valence-electron chi connectivity index (χ4n) is 3.49. The summed E-state index contributed by atoms with van der Waals surface area (Å²) in [4.78, 5) is 0. The highest BCUT2D eigenvalue weighted by molar-refractivity contribution is 6.73. The second-order valence-corrected chi connectivity index (χ2v) is 12.5. The average Bonchev–Trinajstić information content (AvgIpc) is 2.44. The number of rotatable bonds is 1. The lowest BCUT2D eigenvalue weighted by molar-refractivity contribution is -0.166. The van der Waals surface area contributed by atoms with Crippen LogP contribution in [0, 0.1) is 0 Å². The standard InChI is InChI=1S/C14H28O5Si/c1-13(2,3)20(14(4,5)6)17-8-9-10(15)11(19-20)12(16-7)18-9/h9-12,15H,8H2,1-7H3/t9-,10-,11+,12+/m1/s1. The van der Waals surface area contributed by atoms with E-state index < -0.39 is 27.1 Å². The molecule has 0 saturated carbocycles. The van der Waals surface area contributed by atoms with Crippen LogP contribution < -0.4 is 0 Å². The minimum atomic E-state index is -2.61. The Morgan fingerprint density at radius 3 is 2.10 bits per heavy atom. The summed E-state index contributed by atoms with van der Waals surface area (Å²) in [5.41, 5.74) is 0. The zero-order valence-electron chi connectivity index (χ0n) is 13.6. The molecule has 5 nitrogen and oxygen atoms in total. The summed E-state index contributed by atoms with van der Waals surface area (Å²) in [6.07, 6.45) is -2.06. The fraction of sp³-hybridized carbons (Fsp3) is 1.00. The van der Waals surface area contributed by atoms with Crippen LogP contribution in [0.2, 0.25) is 10.1 Å². The second-order valence-electron chi connectivity index (χ2n) is 7.78. The van der Waals surface area contributed by atoms with E-state index in [0.717, 1.165) is 0 Å². The number of fused-ring (bicyclic) bond motifs is 2. The molecule has 2 fully saturated rings. The molecule has 118 valence electrons. The van der Waals surface area contributed by atoms with Crippen LogP contribution in [0.1, 0.15) is 41.5 Å². The Balaban J connectivity index is 2.42. The van der Waals surface area contributed by atoms with Crippen molar-refractivity contribution < 1.29 is 23.4 Å². The van der Waals surface area contributed by atoms with Gasteiger partial charge in [0.15, 0.2) is 6.29 Å². The summed E-state index contributed by atoms with van der Waals surface area (Å²) in [6.45, 7) is 13.3. The minimum Gasteiger partial charge on any atom is -0.391 e. The Kier molecular flexibility index (Phi) is 4.13. The van der Waals surface area contributed by atoms with Crippen LogP contribution in [0.3, 0.4) is 0 Å². The Labute approximate surface area is 122 Å². The summed E-state index contributed by atoms with van der Waals surface area (Å²) in [5.74, 6) is 0. The van der Waals surface area contributed by atoms with E-state index in [9.17, 15) is 5.11 Å². The molecule has 0 aromatic rings. The third-order valence-electron chi connectivity index (χ3n) is 4.25. The average molecular weight is 304 g/mol. The van der Waals surface area contributed by atoms with Crippen molar-refractivity contribution in [3.63, 3.8) is 0 Å². The predicted molar refractivity (Wildman–Crippen MR) is 77.7 cm³/mol. The van der Waals surface area contributed by atoms with Crippen molar-refractivity contribution in [3.8, 4) is 0 Å². The summed E-state index contributed by atoms with van der Waals surface area (Å²) in [5, 5.41) is 10.1. The van der Waals surface area contributed by atoms with Gasteiger partial charge in [-0.15, -0.1) is 0 Å². The van der Waals surface area contributed by atoms with Crippen LogP contribution in [0.4, 0.5) is 0 Å². The topological polar surface area (TPSA) is 57.2 Å². The van der Waals surface area contributed by atoms with Gasteiger partial charge in [-0.3, -0.25) is 0 Å². The molecule has 2 bridgehead atoms. The van der Waals surface area contributed by atoms with Crippen LogP contribution in [0.5, 0.6) is 0 Å². The van der Waals surface area contributed by atoms with Gasteiger partial charge in [-0.05, 0) is 0 Å². The molecule has 2 aliphatic rings. The van der Waals surface area contributed by atoms with E-state index in [0.29, 0.717) is 6.61 Å². The van der Waals surface area contributed by atoms with Crippen LogP contribution in [0.15, 0.2) is 0 Å². The number of hydrogen-bond donors (Lipinski definition) is 1. The first kappa shape index (κ1) is 16.4. The molecule has 0 amide bonds. The molecule has 1 N–H and O–H groups in total. The molecule has 2 saturated heterocycles. The Hall–Kier alpha value is 0.0169. The zero-order valence-corrected chi connectivity index (χ0v) is 14.6. The zero-order chi connectivity index (χ0) is 15.3. The maximum atomic E-state index is 10.4. The number of ether oxygens (including phenoxy) is 2. The quantitative estimate of drug-likeness (QED) is 0.753. The lowest BCUT2D eigenvalue weighted by Gasteiger charge is -2.50. The van der Waals surface area contributed by atoms with Crippen LogP contribution in [-0.2, 0) is 18.3 Å². The normalized spacial score (nSPS) is 37.8. The van der Waals surface area contributed by atoms with E-state index in [1.165, 1.54) is 0 Å². The highest BCUT2D eigenvalue weighted by Crippen LogP contribution is 2.54. The molecule has 0 spiro atoms. The molecule has 20 heavy (non-hydrogen) atoms. The van der Waals surface area contributed by atoms with Crippen LogP contribution in [-0.4, -0.2) is 52.0 Å². The van der Waals surface area contributed by atoms with E-state index in [2.05, 4.69) is 41.5 Å². The molecule has 0 aromatic heterocycles. The highest BCUT2D eigenvalue weighted by Gasteiger charge is 2.64. The molecule has 0 unspecified atom stereocenters. The van der Waals surface area contributed by atoms with E-state index in [1.807, 2.05) is 0 Å². The van der Waals surface area contributed by atoms with Crippen LogP contribution >= 0.6 is 0 Å². The summed E-state index contributed by atoms with van der Waals surface area (Å²) < 4.78 is 23.7. The van der Waals surface area contributed by atoms with Gasteiger partial charge in [0.2, 0.25) is 0 Å². The maximum absolute atomic E-state index is 10.4. The van der Waals surface area contributed by atoms with Gasteiger partial charge in [-0.2, -0.15) is 0 Å². The minimum absolute atomic E-state index is 0.117. The maximum Gasteiger partial charge on any atom is 0.349 e. The molecule has 4 atom stereocenters. The molecule has 2 heterocycles. The SMILES string of the molecule is CO[C@H]1O[C@@H]2CO[Si](C(C)(C)C)(C(C)(C)C)O[C@H]1[C@@H]2O. The first-order chi connectivity index (χ1) is 9.03. The molecule has 0 radical (unpaired) electrons. The van der Waals surface area contributed by atoms with Crippen molar-refractivity contribution in [1.29, 1.82) is 0 Å². The number of aliphatic hydroxyl groups is 1. The lowest BCUT2D eigenvalue weighted by atomic mass is 10.1. The van der Waals surface area contributed by atoms with Crippen molar-refractivity contribution in [2.24, 2.45) is 0 Å². The third-order valence-corrected chi connectivity index (χ3v) is 9.38. The van der Waals surface area contributed by atoms with Gasteiger partial charge >= 0.3 is 8.56 Å². The largest absolute Gasteiger partial charge is 0.391 e. The van der Waals surface area contributed by atoms with E-state index in [-0.39, 0.29) is 16.2 Å². The smallest absolute Gasteiger partial charge is 0.349 e. The van der Waals surface area contributed by atoms with Crippen molar-refractivity contribution in [1.82, 2.24) is 0 Å². The number of aliphatic hydroxyl groups excluding tert-OH is 1. The van der Waals surface area contributed by atoms with Crippen molar-refractivity contribution >= 4 is 8.56 Å². The molecular formula is C14H28O5Si. The second kappa shape index (κ2) is 5.03. The molecule has 0 aliphatic carbocycles. The molecule has 2 rings (SSSR count). The molecular weight excluding hydrogens is 276 g/mol. The summed E-state index contributed by atoms with van der Waals surface area (Å²) in [6, 6.07) is 0. The predicted octanol–water partition coefficient (Wildman–Crippen LogP) is 2.18. The third kappa shape index (κ3) is 2.36. The van der Waals surface area contributed by atoms with E-state index in [4.69, 9.17) is 18.3 Å². The summed E-state index contributed by atoms with van der Waals surface area (Å²) in [7, 11) is -1.03. The number of methoxy groups -OCH3 is 1. The fourth-order valence-corrected chi connectivity index (χ4v) is 8.42. The molecule has 0 aromatic carbocycles. The van der Waals surface area contributed by atoms with Crippen molar-refractivity contribution in [2.45, 2.75) is 76.2 Å². The van der Waals surface area contributed by atoms with Gasteiger partial charge in [-0.1, -0.05) is 41.5 Å². The Morgan fingerprint density at radius 2 is 1.65 bits per heavy atom. The van der Waals surface area contributed by atoms with E-state index in [1.54, 1.807) is 7.11 Å². The van der Waals surface area contributed by atoms with Crippen molar-refractivity contribution in [3.05, 3.63) is 0 Å². The van der Waals surface area contributed by atoms with Gasteiger partial charge in [0.05, 0.1) is 6.61 Å². The lowest BCUT2D eigenvalue weighted by Crippen LogP contribution is -2.60. The Morgan fingerprint density at radius 1 is 1.10 bits per heavy atom. The Bertz CT molecular complexity index is 344. The van der Waals surface area contributed by atoms with Gasteiger partial charge in [0.25, 0.3) is 0 Å². The first-order valence-electron chi connectivity index (χ1n) is 7.21. The van der Waals surface area contributed by atoms with Gasteiger partial charge in [0.1, 0.15) is 18.3 Å². The molecule has 2 aliphatic heterocycles. The van der Waals surface area contributed by atoms with E-state index >= 15 is 0 Å². The monoisotopic (exact) mass is 304 g/mol. The highest BCUT2D eigenvalue weighted by atomic mass is 28.4. The first-order valence-corrected chi connectivity index (χ1v) is 9.03. The number of hydrogen-bond acceptors (Lipinski definition) is 5. The van der Waals surface area contributed by atoms with Crippen LogP contribution in [0.25, 0.3) is 0 Å².